The molecule has 2 heterocycles. The van der Waals surface area contributed by atoms with Crippen molar-refractivity contribution in [1.82, 2.24) is 9.66 Å². The Morgan fingerprint density at radius 3 is 2.71 bits per heavy atom. The topological polar surface area (TPSA) is 29.9 Å². The molecule has 2 aromatic heterocycles. The smallest absolute Gasteiger partial charge is 0.159 e. The average Bonchev–Trinajstić information content (AvgIpc) is 2.62. The maximum Gasteiger partial charge on any atom is 0.159 e. The van der Waals surface area contributed by atoms with Crippen LogP contribution in [-0.4, -0.2) is 9.66 Å². The Morgan fingerprint density at radius 1 is 1.36 bits per heavy atom. The fourth-order valence-electron chi connectivity index (χ4n) is 1.15. The normalized spacial score (nSPS) is 10.1. The van der Waals surface area contributed by atoms with Crippen molar-refractivity contribution in [2.45, 2.75) is 6.92 Å². The lowest BCUT2D eigenvalue weighted by atomic mass is 10.3. The number of aryl methyl sites for hydroxylation is 1. The summed E-state index contributed by atoms with van der Waals surface area (Å²) < 4.78 is 2.81. The molecular weight excluding hydrogens is 242 g/mol. The quantitative estimate of drug-likeness (QED) is 0.890. The van der Waals surface area contributed by atoms with Gasteiger partial charge in [-0.1, -0.05) is 0 Å². The van der Waals surface area contributed by atoms with Crippen LogP contribution in [0.2, 0.25) is 0 Å². The van der Waals surface area contributed by atoms with Crippen LogP contribution in [0, 0.1) is 6.92 Å². The first-order chi connectivity index (χ1) is 6.75. The molecule has 0 aliphatic rings. The molecule has 0 saturated carbocycles. The SMILES string of the molecule is Cc1cnc(Nn2cccc2)c(Br)c1. The molecule has 0 bridgehead atoms. The molecule has 0 saturated heterocycles. The molecule has 2 aromatic rings. The van der Waals surface area contributed by atoms with Crippen molar-refractivity contribution < 1.29 is 0 Å². The molecule has 0 spiro atoms. The van der Waals surface area contributed by atoms with E-state index >= 15 is 0 Å². The van der Waals surface area contributed by atoms with Gasteiger partial charge < -0.3 is 0 Å². The second-order valence-corrected chi connectivity index (χ2v) is 3.90. The van der Waals surface area contributed by atoms with Crippen molar-refractivity contribution in [1.29, 1.82) is 0 Å². The predicted octanol–water partition coefficient (Wildman–Crippen LogP) is 2.83. The largest absolute Gasteiger partial charge is 0.277 e. The second kappa shape index (κ2) is 3.84. The van der Waals surface area contributed by atoms with Crippen molar-refractivity contribution in [2.24, 2.45) is 0 Å². The van der Waals surface area contributed by atoms with Gasteiger partial charge in [-0.2, -0.15) is 0 Å². The van der Waals surface area contributed by atoms with E-state index in [1.807, 2.05) is 48.4 Å². The van der Waals surface area contributed by atoms with E-state index < -0.39 is 0 Å². The van der Waals surface area contributed by atoms with Gasteiger partial charge in [-0.3, -0.25) is 10.1 Å². The monoisotopic (exact) mass is 251 g/mol. The Balaban J connectivity index is 2.25. The van der Waals surface area contributed by atoms with Crippen LogP contribution in [0.4, 0.5) is 5.82 Å². The average molecular weight is 252 g/mol. The Hall–Kier alpha value is -1.29. The van der Waals surface area contributed by atoms with Crippen molar-refractivity contribution in [3.63, 3.8) is 0 Å². The van der Waals surface area contributed by atoms with Gasteiger partial charge in [0.1, 0.15) is 0 Å². The standard InChI is InChI=1S/C10H10BrN3/c1-8-6-9(11)10(12-7-8)13-14-4-2-3-5-14/h2-7H,1H3,(H,12,13). The molecule has 0 fully saturated rings. The van der Waals surface area contributed by atoms with Crippen LogP contribution in [0.1, 0.15) is 5.56 Å². The molecule has 2 rings (SSSR count). The summed E-state index contributed by atoms with van der Waals surface area (Å²) in [7, 11) is 0. The van der Waals surface area contributed by atoms with Gasteiger partial charge in [0.25, 0.3) is 0 Å². The van der Waals surface area contributed by atoms with E-state index in [0.29, 0.717) is 0 Å². The third kappa shape index (κ3) is 1.96. The van der Waals surface area contributed by atoms with Gasteiger partial charge in [-0.15, -0.1) is 0 Å². The summed E-state index contributed by atoms with van der Waals surface area (Å²) in [4.78, 5) is 4.27. The minimum Gasteiger partial charge on any atom is -0.277 e. The van der Waals surface area contributed by atoms with Crippen molar-refractivity contribution in [3.8, 4) is 0 Å². The lowest BCUT2D eigenvalue weighted by Gasteiger charge is -2.08. The zero-order chi connectivity index (χ0) is 9.97. The molecule has 0 aromatic carbocycles. The number of nitrogens with one attached hydrogen (secondary N) is 1. The summed E-state index contributed by atoms with van der Waals surface area (Å²) in [6.07, 6.45) is 5.68. The number of anilines is 1. The van der Waals surface area contributed by atoms with Crippen LogP contribution in [0.15, 0.2) is 41.3 Å². The van der Waals surface area contributed by atoms with Crippen molar-refractivity contribution >= 4 is 21.7 Å². The Labute approximate surface area is 90.9 Å². The van der Waals surface area contributed by atoms with Crippen LogP contribution in [0.25, 0.3) is 0 Å². The summed E-state index contributed by atoms with van der Waals surface area (Å²) in [5.74, 6) is 0.812. The first-order valence-electron chi connectivity index (χ1n) is 4.28. The van der Waals surface area contributed by atoms with Gasteiger partial charge in [0, 0.05) is 18.6 Å². The van der Waals surface area contributed by atoms with Gasteiger partial charge in [0.15, 0.2) is 5.82 Å². The van der Waals surface area contributed by atoms with E-state index in [1.165, 1.54) is 0 Å². The molecular formula is C10H10BrN3. The minimum absolute atomic E-state index is 0.812. The molecule has 0 amide bonds. The number of rotatable bonds is 2. The zero-order valence-corrected chi connectivity index (χ0v) is 9.32. The van der Waals surface area contributed by atoms with Crippen LogP contribution in [-0.2, 0) is 0 Å². The van der Waals surface area contributed by atoms with Gasteiger partial charge in [0.2, 0.25) is 0 Å². The lowest BCUT2D eigenvalue weighted by Crippen LogP contribution is -2.07. The molecule has 4 heteroatoms. The molecule has 0 atom stereocenters. The van der Waals surface area contributed by atoms with E-state index in [4.69, 9.17) is 0 Å². The second-order valence-electron chi connectivity index (χ2n) is 3.05. The highest BCUT2D eigenvalue weighted by Crippen LogP contribution is 2.20. The van der Waals surface area contributed by atoms with Gasteiger partial charge in [0.05, 0.1) is 4.47 Å². The maximum atomic E-state index is 4.27. The fraction of sp³-hybridized carbons (Fsp3) is 0.100. The van der Waals surface area contributed by atoms with Crippen molar-refractivity contribution in [2.75, 3.05) is 5.43 Å². The van der Waals surface area contributed by atoms with Crippen molar-refractivity contribution in [3.05, 3.63) is 46.8 Å². The van der Waals surface area contributed by atoms with Gasteiger partial charge in [-0.05, 0) is 46.6 Å². The molecule has 14 heavy (non-hydrogen) atoms. The Morgan fingerprint density at radius 2 is 2.07 bits per heavy atom. The van der Waals surface area contributed by atoms with Gasteiger partial charge in [-0.25, -0.2) is 4.98 Å². The molecule has 0 aliphatic carbocycles. The first kappa shape index (κ1) is 9.27. The molecule has 0 unspecified atom stereocenters. The molecule has 0 radical (unpaired) electrons. The van der Waals surface area contributed by atoms with E-state index in [1.54, 1.807) is 0 Å². The minimum atomic E-state index is 0.812. The summed E-state index contributed by atoms with van der Waals surface area (Å²) in [5, 5.41) is 0. The summed E-state index contributed by atoms with van der Waals surface area (Å²) >= 11 is 3.45. The number of halogens is 1. The van der Waals surface area contributed by atoms with E-state index in [-0.39, 0.29) is 0 Å². The molecule has 72 valence electrons. The first-order valence-corrected chi connectivity index (χ1v) is 5.07. The third-order valence-corrected chi connectivity index (χ3v) is 2.42. The summed E-state index contributed by atoms with van der Waals surface area (Å²) in [6.45, 7) is 2.01. The van der Waals surface area contributed by atoms with Gasteiger partial charge >= 0.3 is 0 Å². The fourth-order valence-corrected chi connectivity index (χ4v) is 1.70. The van der Waals surface area contributed by atoms with E-state index in [2.05, 4.69) is 26.3 Å². The third-order valence-electron chi connectivity index (χ3n) is 1.82. The molecule has 1 N–H and O–H groups in total. The number of pyridine rings is 1. The van der Waals surface area contributed by atoms with Crippen LogP contribution < -0.4 is 5.43 Å². The van der Waals surface area contributed by atoms with Crippen LogP contribution in [0.5, 0.6) is 0 Å². The number of nitrogens with zero attached hydrogens (tertiary/aromatic N) is 2. The highest BCUT2D eigenvalue weighted by atomic mass is 79.9. The number of hydrogen-bond acceptors (Lipinski definition) is 2. The van der Waals surface area contributed by atoms with E-state index in [0.717, 1.165) is 15.9 Å². The Kier molecular flexibility index (Phi) is 2.54. The number of aromatic nitrogens is 2. The highest BCUT2D eigenvalue weighted by Gasteiger charge is 2.00. The molecule has 0 aliphatic heterocycles. The predicted molar refractivity (Wildman–Crippen MR) is 60.1 cm³/mol. The van der Waals surface area contributed by atoms with E-state index in [9.17, 15) is 0 Å². The van der Waals surface area contributed by atoms with Crippen LogP contribution >= 0.6 is 15.9 Å². The zero-order valence-electron chi connectivity index (χ0n) is 7.74. The number of hydrogen-bond donors (Lipinski definition) is 1. The van der Waals surface area contributed by atoms with Crippen LogP contribution in [0.3, 0.4) is 0 Å². The highest BCUT2D eigenvalue weighted by molar-refractivity contribution is 9.10. The summed E-state index contributed by atoms with van der Waals surface area (Å²) in [6, 6.07) is 5.93. The Bertz CT molecular complexity index is 423. The molecule has 3 nitrogen and oxygen atoms in total. The lowest BCUT2D eigenvalue weighted by molar-refractivity contribution is 0.948. The summed E-state index contributed by atoms with van der Waals surface area (Å²) in [5.41, 5.74) is 4.27. The maximum absolute atomic E-state index is 4.27.